The van der Waals surface area contributed by atoms with Gasteiger partial charge in [0.25, 0.3) is 5.91 Å². The second-order valence-electron chi connectivity index (χ2n) is 5.27. The summed E-state index contributed by atoms with van der Waals surface area (Å²) in [4.78, 5) is 23.6. The maximum atomic E-state index is 12.4. The maximum Gasteiger partial charge on any atom is 0.296 e. The third-order valence-electron chi connectivity index (χ3n) is 3.31. The number of rotatable bonds is 9. The van der Waals surface area contributed by atoms with Gasteiger partial charge in [0.05, 0.1) is 0 Å². The molecule has 1 amide bonds. The molecule has 0 radical (unpaired) electrons. The molecule has 0 unspecified atom stereocenters. The van der Waals surface area contributed by atoms with Crippen LogP contribution in [0.2, 0.25) is 0 Å². The zero-order valence-corrected chi connectivity index (χ0v) is 13.5. The van der Waals surface area contributed by atoms with Gasteiger partial charge < -0.3 is 9.68 Å². The third kappa shape index (κ3) is 6.02. The van der Waals surface area contributed by atoms with E-state index in [9.17, 15) is 4.79 Å². The molecule has 0 fully saturated rings. The highest BCUT2D eigenvalue weighted by Gasteiger charge is 2.18. The number of carbonyl (C=O) groups excluding carboxylic acids is 1. The van der Waals surface area contributed by atoms with Crippen molar-refractivity contribution in [3.05, 3.63) is 60.7 Å². The normalized spacial score (nSPS) is 10.1. The van der Waals surface area contributed by atoms with Crippen LogP contribution in [0.1, 0.15) is 39.0 Å². The number of hydrogen-bond acceptors (Lipinski definition) is 3. The van der Waals surface area contributed by atoms with E-state index >= 15 is 0 Å². The number of hydroxylamine groups is 2. The summed E-state index contributed by atoms with van der Waals surface area (Å²) in [6, 6.07) is 18.3. The summed E-state index contributed by atoms with van der Waals surface area (Å²) < 4.78 is 0. The Morgan fingerprint density at radius 2 is 1.35 bits per heavy atom. The lowest BCUT2D eigenvalue weighted by Gasteiger charge is -2.21. The van der Waals surface area contributed by atoms with E-state index in [1.54, 1.807) is 24.3 Å². The molecule has 0 aliphatic carbocycles. The average molecular weight is 313 g/mol. The molecule has 0 aliphatic heterocycles. The van der Waals surface area contributed by atoms with Crippen molar-refractivity contribution >= 4 is 5.91 Å². The van der Waals surface area contributed by atoms with Crippen molar-refractivity contribution in [1.82, 2.24) is 5.23 Å². The zero-order chi connectivity index (χ0) is 16.3. The van der Waals surface area contributed by atoms with Gasteiger partial charge in [-0.25, -0.2) is 0 Å². The van der Waals surface area contributed by atoms with E-state index in [1.165, 1.54) is 0 Å². The number of carbonyl (C=O) groups is 1. The molecule has 0 atom stereocenters. The Balaban J connectivity index is 2.00. The van der Waals surface area contributed by atoms with Crippen LogP contribution in [0.4, 0.5) is 0 Å². The topological polar surface area (TPSA) is 38.8 Å². The molecule has 0 N–H and O–H groups in total. The molecule has 0 spiro atoms. The van der Waals surface area contributed by atoms with Gasteiger partial charge >= 0.3 is 0 Å². The predicted molar refractivity (Wildman–Crippen MR) is 89.7 cm³/mol. The minimum atomic E-state index is -0.186. The van der Waals surface area contributed by atoms with Gasteiger partial charge in [0.1, 0.15) is 0 Å². The molecule has 0 heterocycles. The van der Waals surface area contributed by atoms with Crippen LogP contribution < -0.4 is 9.68 Å². The molecule has 4 nitrogen and oxygen atoms in total. The van der Waals surface area contributed by atoms with E-state index < -0.39 is 0 Å². The summed E-state index contributed by atoms with van der Waals surface area (Å²) in [7, 11) is 0. The monoisotopic (exact) mass is 313 g/mol. The van der Waals surface area contributed by atoms with Crippen LogP contribution in [0.15, 0.2) is 60.7 Å². The van der Waals surface area contributed by atoms with Crippen molar-refractivity contribution in [3.63, 3.8) is 0 Å². The average Bonchev–Trinajstić information content (AvgIpc) is 2.60. The lowest BCUT2D eigenvalue weighted by molar-refractivity contribution is -0.246. The van der Waals surface area contributed by atoms with Gasteiger partial charge in [0, 0.05) is 11.6 Å². The van der Waals surface area contributed by atoms with Crippen LogP contribution in [0.3, 0.4) is 0 Å². The van der Waals surface area contributed by atoms with Crippen LogP contribution in [0, 0.1) is 0 Å². The van der Waals surface area contributed by atoms with Gasteiger partial charge in [-0.05, 0) is 30.7 Å². The third-order valence-corrected chi connectivity index (χ3v) is 3.31. The Morgan fingerprint density at radius 1 is 0.826 bits per heavy atom. The fourth-order valence-corrected chi connectivity index (χ4v) is 2.07. The Bertz CT molecular complexity index is 530. The summed E-state index contributed by atoms with van der Waals surface area (Å²) in [6.45, 7) is 2.14. The van der Waals surface area contributed by atoms with Crippen molar-refractivity contribution in [2.75, 3.05) is 0 Å². The SMILES string of the molecule is CCCCCCC(=O)N(Oc1ccccc1)Oc1ccccc1. The molecule has 122 valence electrons. The van der Waals surface area contributed by atoms with E-state index in [-0.39, 0.29) is 5.91 Å². The predicted octanol–water partition coefficient (Wildman–Crippen LogP) is 4.77. The van der Waals surface area contributed by atoms with E-state index in [0.717, 1.165) is 30.9 Å². The van der Waals surface area contributed by atoms with E-state index in [0.29, 0.717) is 17.9 Å². The molecule has 4 heteroatoms. The summed E-state index contributed by atoms with van der Waals surface area (Å²) in [5, 5.41) is 0.983. The minimum absolute atomic E-state index is 0.186. The number of amides is 1. The first-order valence-corrected chi connectivity index (χ1v) is 8.08. The fraction of sp³-hybridized carbons (Fsp3) is 0.316. The van der Waals surface area contributed by atoms with E-state index in [4.69, 9.17) is 9.68 Å². The molecule has 0 bridgehead atoms. The maximum absolute atomic E-state index is 12.4. The molecular formula is C19H23NO3. The molecule has 23 heavy (non-hydrogen) atoms. The molecule has 0 saturated carbocycles. The Kier molecular flexibility index (Phi) is 6.98. The van der Waals surface area contributed by atoms with Crippen molar-refractivity contribution in [2.24, 2.45) is 0 Å². The van der Waals surface area contributed by atoms with Crippen LogP contribution in [-0.2, 0) is 4.79 Å². The van der Waals surface area contributed by atoms with Crippen molar-refractivity contribution < 1.29 is 14.5 Å². The summed E-state index contributed by atoms with van der Waals surface area (Å²) in [5.41, 5.74) is 0. The summed E-state index contributed by atoms with van der Waals surface area (Å²) in [6.07, 6.45) is 4.54. The molecular weight excluding hydrogens is 290 g/mol. The van der Waals surface area contributed by atoms with Gasteiger partial charge in [-0.1, -0.05) is 62.6 Å². The second kappa shape index (κ2) is 9.51. The first-order chi connectivity index (χ1) is 11.3. The van der Waals surface area contributed by atoms with E-state index in [2.05, 4.69) is 6.92 Å². The first-order valence-electron chi connectivity index (χ1n) is 8.08. The molecule has 2 rings (SSSR count). The van der Waals surface area contributed by atoms with Gasteiger partial charge in [-0.15, -0.1) is 0 Å². The summed E-state index contributed by atoms with van der Waals surface area (Å²) >= 11 is 0. The van der Waals surface area contributed by atoms with Crippen LogP contribution in [0.25, 0.3) is 0 Å². The van der Waals surface area contributed by atoms with Crippen LogP contribution >= 0.6 is 0 Å². The quantitative estimate of drug-likeness (QED) is 0.494. The molecule has 2 aromatic rings. The van der Waals surface area contributed by atoms with Crippen molar-refractivity contribution in [2.45, 2.75) is 39.0 Å². The second-order valence-corrected chi connectivity index (χ2v) is 5.27. The van der Waals surface area contributed by atoms with Gasteiger partial charge in [-0.2, -0.15) is 0 Å². The number of nitrogens with zero attached hydrogens (tertiary/aromatic N) is 1. The molecule has 0 aromatic heterocycles. The van der Waals surface area contributed by atoms with E-state index in [1.807, 2.05) is 36.4 Å². The number of unbranched alkanes of at least 4 members (excludes halogenated alkanes) is 3. The Labute approximate surface area is 137 Å². The number of hydrogen-bond donors (Lipinski definition) is 0. The Hall–Kier alpha value is -2.49. The smallest absolute Gasteiger partial charge is 0.296 e. The largest absolute Gasteiger partial charge is 0.343 e. The standard InChI is InChI=1S/C19H23NO3/c1-2-3-4-11-16-19(21)20(22-17-12-7-5-8-13-17)23-18-14-9-6-10-15-18/h5-10,12-15H,2-4,11,16H2,1H3. The van der Waals surface area contributed by atoms with Crippen molar-refractivity contribution in [3.8, 4) is 11.5 Å². The van der Waals surface area contributed by atoms with Gasteiger partial charge in [0.2, 0.25) is 0 Å². The summed E-state index contributed by atoms with van der Waals surface area (Å²) in [5.74, 6) is 0.935. The highest BCUT2D eigenvalue weighted by molar-refractivity contribution is 5.74. The highest BCUT2D eigenvalue weighted by atomic mass is 17.0. The highest BCUT2D eigenvalue weighted by Crippen LogP contribution is 2.16. The van der Waals surface area contributed by atoms with Gasteiger partial charge in [-0.3, -0.25) is 4.79 Å². The first kappa shape index (κ1) is 16.9. The minimum Gasteiger partial charge on any atom is -0.343 e. The fourth-order valence-electron chi connectivity index (χ4n) is 2.07. The van der Waals surface area contributed by atoms with Crippen molar-refractivity contribution in [1.29, 1.82) is 0 Å². The van der Waals surface area contributed by atoms with Crippen LogP contribution in [0.5, 0.6) is 11.5 Å². The molecule has 0 saturated heterocycles. The zero-order valence-electron chi connectivity index (χ0n) is 13.5. The molecule has 2 aromatic carbocycles. The number of benzene rings is 2. The lowest BCUT2D eigenvalue weighted by atomic mass is 10.1. The molecule has 0 aliphatic rings. The number of para-hydroxylation sites is 2. The lowest BCUT2D eigenvalue weighted by Crippen LogP contribution is -2.37. The Morgan fingerprint density at radius 3 is 1.83 bits per heavy atom. The van der Waals surface area contributed by atoms with Gasteiger partial charge in [0.15, 0.2) is 11.5 Å². The van der Waals surface area contributed by atoms with Crippen LogP contribution in [-0.4, -0.2) is 11.1 Å².